The van der Waals surface area contributed by atoms with Gasteiger partial charge >= 0.3 is 0 Å². The number of amides is 1. The molecule has 2 heterocycles. The summed E-state index contributed by atoms with van der Waals surface area (Å²) in [5.74, 6) is -2.97. The van der Waals surface area contributed by atoms with Crippen LogP contribution in [-0.2, 0) is 6.42 Å². The first kappa shape index (κ1) is 14.9. The van der Waals surface area contributed by atoms with Crippen LogP contribution in [-0.4, -0.2) is 23.2 Å². The molecule has 0 radical (unpaired) electrons. The van der Waals surface area contributed by atoms with E-state index in [0.29, 0.717) is 6.54 Å². The molecule has 2 aromatic rings. The van der Waals surface area contributed by atoms with Crippen LogP contribution in [0.15, 0.2) is 40.9 Å². The summed E-state index contributed by atoms with van der Waals surface area (Å²) in [6.07, 6.45) is 2.12. The number of carbonyl (C=O) groups is 1. The van der Waals surface area contributed by atoms with Gasteiger partial charge in [-0.3, -0.25) is 4.79 Å². The van der Waals surface area contributed by atoms with E-state index < -0.39 is 5.76 Å². The van der Waals surface area contributed by atoms with Gasteiger partial charge in [0.2, 0.25) is 0 Å². The Morgan fingerprint density at radius 3 is 2.95 bits per heavy atom. The predicted octanol–water partition coefficient (Wildman–Crippen LogP) is 3.43. The average Bonchev–Trinajstić information content (AvgIpc) is 2.91. The molecule has 0 spiro atoms. The van der Waals surface area contributed by atoms with Gasteiger partial charge in [0.05, 0.1) is 5.56 Å². The minimum atomic E-state index is -2.59. The Hall–Kier alpha value is -1.47. The van der Waals surface area contributed by atoms with Crippen molar-refractivity contribution in [2.45, 2.75) is 17.2 Å². The maximum absolute atomic E-state index is 12.4. The summed E-state index contributed by atoms with van der Waals surface area (Å²) in [6, 6.07) is 6.99. The Bertz CT molecular complexity index is 561. The summed E-state index contributed by atoms with van der Waals surface area (Å²) in [4.78, 5) is 17.0. The van der Waals surface area contributed by atoms with E-state index in [1.54, 1.807) is 17.4 Å². The van der Waals surface area contributed by atoms with Crippen molar-refractivity contribution in [1.82, 2.24) is 10.3 Å². The van der Waals surface area contributed by atoms with E-state index in [1.165, 1.54) is 17.1 Å². The topological polar surface area (TPSA) is 42.0 Å². The van der Waals surface area contributed by atoms with E-state index in [1.807, 2.05) is 17.5 Å². The van der Waals surface area contributed by atoms with Gasteiger partial charge in [0.25, 0.3) is 11.7 Å². The fraction of sp³-hybridized carbons (Fsp3) is 0.231. The van der Waals surface area contributed by atoms with Gasteiger partial charge in [0, 0.05) is 17.6 Å². The van der Waals surface area contributed by atoms with Crippen LogP contribution in [0.2, 0.25) is 0 Å². The van der Waals surface area contributed by atoms with Crippen molar-refractivity contribution in [2.75, 3.05) is 6.54 Å². The van der Waals surface area contributed by atoms with Crippen molar-refractivity contribution < 1.29 is 13.6 Å². The minimum absolute atomic E-state index is 0.0520. The summed E-state index contributed by atoms with van der Waals surface area (Å²) in [6.45, 7) is 0.465. The minimum Gasteiger partial charge on any atom is -0.352 e. The first-order chi connectivity index (χ1) is 9.66. The molecule has 0 aliphatic carbocycles. The molecular weight excluding hydrogens is 302 g/mol. The number of aromatic nitrogens is 1. The quantitative estimate of drug-likeness (QED) is 0.831. The van der Waals surface area contributed by atoms with Crippen molar-refractivity contribution in [2.24, 2.45) is 0 Å². The molecule has 0 aromatic carbocycles. The highest BCUT2D eigenvalue weighted by molar-refractivity contribution is 7.99. The molecule has 3 nitrogen and oxygen atoms in total. The second kappa shape index (κ2) is 7.35. The lowest BCUT2D eigenvalue weighted by molar-refractivity contribution is 0.0950. The highest BCUT2D eigenvalue weighted by Gasteiger charge is 2.16. The highest BCUT2D eigenvalue weighted by atomic mass is 32.2. The third-order valence-corrected chi connectivity index (χ3v) is 4.12. The van der Waals surface area contributed by atoms with Gasteiger partial charge in [0.15, 0.2) is 0 Å². The van der Waals surface area contributed by atoms with Crippen LogP contribution in [0.1, 0.15) is 15.2 Å². The maximum Gasteiger partial charge on any atom is 0.290 e. The molecule has 7 heteroatoms. The molecule has 106 valence electrons. The number of halogens is 2. The summed E-state index contributed by atoms with van der Waals surface area (Å²) >= 11 is 1.90. The van der Waals surface area contributed by atoms with E-state index in [2.05, 4.69) is 10.3 Å². The Morgan fingerprint density at radius 2 is 2.25 bits per heavy atom. The molecule has 0 saturated carbocycles. The molecule has 20 heavy (non-hydrogen) atoms. The van der Waals surface area contributed by atoms with Crippen molar-refractivity contribution in [3.63, 3.8) is 0 Å². The van der Waals surface area contributed by atoms with Gasteiger partial charge in [0.1, 0.15) is 5.03 Å². The number of pyridine rings is 1. The van der Waals surface area contributed by atoms with Crippen LogP contribution in [0.3, 0.4) is 0 Å². The van der Waals surface area contributed by atoms with Crippen LogP contribution < -0.4 is 5.32 Å². The lowest BCUT2D eigenvalue weighted by Crippen LogP contribution is -2.26. The number of hydrogen-bond acceptors (Lipinski definition) is 4. The number of carbonyl (C=O) groups excluding carboxylic acids is 1. The van der Waals surface area contributed by atoms with Crippen LogP contribution in [0.4, 0.5) is 8.78 Å². The number of hydrogen-bond donors (Lipinski definition) is 1. The smallest absolute Gasteiger partial charge is 0.290 e. The Morgan fingerprint density at radius 1 is 1.40 bits per heavy atom. The van der Waals surface area contributed by atoms with E-state index in [4.69, 9.17) is 0 Å². The standard InChI is InChI=1S/C13H12F2N2OS2/c14-13(15)20-12-10(4-1-6-17-12)11(18)16-7-5-9-3-2-8-19-9/h1-4,6,8,13H,5,7H2,(H,16,18). The summed E-state index contributed by atoms with van der Waals surface area (Å²) < 4.78 is 24.8. The van der Waals surface area contributed by atoms with Gasteiger partial charge in [-0.1, -0.05) is 6.07 Å². The number of rotatable bonds is 6. The molecular formula is C13H12F2N2OS2. The fourth-order valence-corrected chi connectivity index (χ4v) is 2.88. The number of thioether (sulfide) groups is 1. The second-order valence-corrected chi connectivity index (χ2v) is 5.83. The summed E-state index contributed by atoms with van der Waals surface area (Å²) in [5.41, 5.74) is 0.184. The number of nitrogens with one attached hydrogen (secondary N) is 1. The molecule has 0 aliphatic rings. The van der Waals surface area contributed by atoms with Crippen LogP contribution in [0.25, 0.3) is 0 Å². The van der Waals surface area contributed by atoms with E-state index in [-0.39, 0.29) is 28.3 Å². The Labute approximate surface area is 123 Å². The first-order valence-electron chi connectivity index (χ1n) is 5.87. The van der Waals surface area contributed by atoms with Crippen LogP contribution in [0, 0.1) is 0 Å². The van der Waals surface area contributed by atoms with Crippen LogP contribution in [0.5, 0.6) is 0 Å². The lowest BCUT2D eigenvalue weighted by atomic mass is 10.2. The monoisotopic (exact) mass is 314 g/mol. The SMILES string of the molecule is O=C(NCCc1cccs1)c1cccnc1SC(F)F. The van der Waals surface area contributed by atoms with Crippen molar-refractivity contribution in [3.8, 4) is 0 Å². The average molecular weight is 314 g/mol. The normalized spacial score (nSPS) is 10.8. The molecule has 0 bridgehead atoms. The number of thiophene rings is 1. The molecule has 0 saturated heterocycles. The highest BCUT2D eigenvalue weighted by Crippen LogP contribution is 2.26. The Balaban J connectivity index is 1.94. The number of nitrogens with zero attached hydrogens (tertiary/aromatic N) is 1. The molecule has 1 amide bonds. The number of alkyl halides is 2. The second-order valence-electron chi connectivity index (χ2n) is 3.82. The molecule has 0 unspecified atom stereocenters. The molecule has 2 rings (SSSR count). The zero-order valence-electron chi connectivity index (χ0n) is 10.4. The van der Waals surface area contributed by atoms with Gasteiger partial charge in [-0.2, -0.15) is 8.78 Å². The third-order valence-electron chi connectivity index (χ3n) is 2.45. The van der Waals surface area contributed by atoms with E-state index in [9.17, 15) is 13.6 Å². The zero-order chi connectivity index (χ0) is 14.4. The van der Waals surface area contributed by atoms with E-state index in [0.717, 1.165) is 6.42 Å². The van der Waals surface area contributed by atoms with Gasteiger partial charge in [-0.05, 0) is 41.8 Å². The summed E-state index contributed by atoms with van der Waals surface area (Å²) in [7, 11) is 0. The molecule has 0 aliphatic heterocycles. The van der Waals surface area contributed by atoms with Gasteiger partial charge < -0.3 is 5.32 Å². The molecule has 2 aromatic heterocycles. The van der Waals surface area contributed by atoms with Crippen LogP contribution >= 0.6 is 23.1 Å². The maximum atomic E-state index is 12.4. The van der Waals surface area contributed by atoms with Crippen molar-refractivity contribution in [3.05, 3.63) is 46.3 Å². The molecule has 0 atom stereocenters. The molecule has 1 N–H and O–H groups in total. The summed E-state index contributed by atoms with van der Waals surface area (Å²) in [5, 5.41) is 4.74. The molecule has 0 fully saturated rings. The third kappa shape index (κ3) is 4.28. The Kier molecular flexibility index (Phi) is 5.49. The fourth-order valence-electron chi connectivity index (χ4n) is 1.59. The zero-order valence-corrected chi connectivity index (χ0v) is 12.0. The largest absolute Gasteiger partial charge is 0.352 e. The first-order valence-corrected chi connectivity index (χ1v) is 7.63. The van der Waals surface area contributed by atoms with Crippen molar-refractivity contribution in [1.29, 1.82) is 0 Å². The van der Waals surface area contributed by atoms with Gasteiger partial charge in [-0.15, -0.1) is 11.3 Å². The van der Waals surface area contributed by atoms with E-state index >= 15 is 0 Å². The predicted molar refractivity (Wildman–Crippen MR) is 76.5 cm³/mol. The lowest BCUT2D eigenvalue weighted by Gasteiger charge is -2.08. The van der Waals surface area contributed by atoms with Gasteiger partial charge in [-0.25, -0.2) is 4.98 Å². The van der Waals surface area contributed by atoms with Crippen molar-refractivity contribution >= 4 is 29.0 Å².